The highest BCUT2D eigenvalue weighted by atomic mass is 35.5. The Morgan fingerprint density at radius 3 is 2.46 bits per heavy atom. The molecule has 0 saturated heterocycles. The Kier molecular flexibility index (Phi) is 5.55. The van der Waals surface area contributed by atoms with E-state index in [0.29, 0.717) is 39.6 Å². The zero-order valence-electron chi connectivity index (χ0n) is 14.6. The first-order chi connectivity index (χ1) is 13.7. The molecule has 3 aromatic heterocycles. The highest BCUT2D eigenvalue weighted by Crippen LogP contribution is 2.33. The highest BCUT2D eigenvalue weighted by Gasteiger charge is 2.18. The Hall–Kier alpha value is -2.90. The van der Waals surface area contributed by atoms with Crippen molar-refractivity contribution < 1.29 is 13.6 Å². The molecule has 0 radical (unpaired) electrons. The number of aromatic nitrogens is 2. The van der Waals surface area contributed by atoms with Crippen LogP contribution in [0, 0.1) is 0 Å². The molecule has 4 aromatic rings. The van der Waals surface area contributed by atoms with Crippen molar-refractivity contribution in [2.45, 2.75) is 11.6 Å². The molecule has 0 aliphatic heterocycles. The molecule has 4 rings (SSSR count). The van der Waals surface area contributed by atoms with Crippen molar-refractivity contribution in [2.24, 2.45) is 0 Å². The van der Waals surface area contributed by atoms with E-state index in [4.69, 9.17) is 20.4 Å². The molecule has 0 aliphatic rings. The summed E-state index contributed by atoms with van der Waals surface area (Å²) in [6, 6.07) is 14.3. The lowest BCUT2D eigenvalue weighted by molar-refractivity contribution is -0.115. The smallest absolute Gasteiger partial charge is 0.225 e. The fourth-order valence-corrected chi connectivity index (χ4v) is 3.54. The standard InChI is InChI=1S/C20H16ClN3O3S/c21-13-5-7-14(8-6-13)22-17(25)9-12-28-20-23-18(15-3-1-10-26-15)19(24-20)16-4-2-11-27-16/h1-8,10-11H,9,12H2,(H,22,25)(H,23,24). The molecular formula is C20H16ClN3O3S. The quantitative estimate of drug-likeness (QED) is 0.379. The summed E-state index contributed by atoms with van der Waals surface area (Å²) in [4.78, 5) is 20.0. The summed E-state index contributed by atoms with van der Waals surface area (Å²) in [7, 11) is 0. The van der Waals surface area contributed by atoms with Crippen molar-refractivity contribution >= 4 is 35.0 Å². The molecule has 1 amide bonds. The van der Waals surface area contributed by atoms with E-state index in [1.165, 1.54) is 11.8 Å². The lowest BCUT2D eigenvalue weighted by atomic mass is 10.2. The van der Waals surface area contributed by atoms with Crippen LogP contribution in [-0.2, 0) is 4.79 Å². The maximum atomic E-state index is 12.1. The number of carbonyl (C=O) groups is 1. The number of aromatic amines is 1. The summed E-state index contributed by atoms with van der Waals surface area (Å²) < 4.78 is 11.0. The molecule has 0 unspecified atom stereocenters. The third-order valence-electron chi connectivity index (χ3n) is 3.90. The van der Waals surface area contributed by atoms with E-state index in [1.807, 2.05) is 24.3 Å². The van der Waals surface area contributed by atoms with Crippen molar-refractivity contribution in [3.63, 3.8) is 0 Å². The monoisotopic (exact) mass is 413 g/mol. The van der Waals surface area contributed by atoms with Gasteiger partial charge in [0.2, 0.25) is 5.91 Å². The highest BCUT2D eigenvalue weighted by molar-refractivity contribution is 7.99. The van der Waals surface area contributed by atoms with Crippen molar-refractivity contribution in [3.8, 4) is 22.9 Å². The second-order valence-corrected chi connectivity index (χ2v) is 7.39. The molecule has 8 heteroatoms. The predicted octanol–water partition coefficient (Wildman–Crippen LogP) is 5.70. The normalized spacial score (nSPS) is 10.9. The Morgan fingerprint density at radius 2 is 1.79 bits per heavy atom. The summed E-state index contributed by atoms with van der Waals surface area (Å²) in [6.07, 6.45) is 3.56. The van der Waals surface area contributed by atoms with Crippen molar-refractivity contribution in [1.82, 2.24) is 9.97 Å². The third kappa shape index (κ3) is 4.32. The first-order valence-electron chi connectivity index (χ1n) is 8.55. The fraction of sp³-hybridized carbons (Fsp3) is 0.100. The molecule has 142 valence electrons. The zero-order valence-corrected chi connectivity index (χ0v) is 16.2. The largest absolute Gasteiger partial charge is 0.463 e. The number of hydrogen-bond donors (Lipinski definition) is 2. The number of rotatable bonds is 7. The number of benzene rings is 1. The maximum Gasteiger partial charge on any atom is 0.225 e. The van der Waals surface area contributed by atoms with Gasteiger partial charge in [-0.25, -0.2) is 4.98 Å². The van der Waals surface area contributed by atoms with Crippen molar-refractivity contribution in [1.29, 1.82) is 0 Å². The van der Waals surface area contributed by atoms with E-state index < -0.39 is 0 Å². The molecule has 0 fully saturated rings. The Morgan fingerprint density at radius 1 is 1.07 bits per heavy atom. The lowest BCUT2D eigenvalue weighted by Crippen LogP contribution is -2.12. The van der Waals surface area contributed by atoms with Crippen LogP contribution in [0.3, 0.4) is 0 Å². The Labute approximate surface area is 170 Å². The number of nitrogens with one attached hydrogen (secondary N) is 2. The SMILES string of the molecule is O=C(CCSc1nc(-c2ccco2)c(-c2ccco2)[nH]1)Nc1ccc(Cl)cc1. The van der Waals surface area contributed by atoms with E-state index >= 15 is 0 Å². The second kappa shape index (κ2) is 8.41. The minimum absolute atomic E-state index is 0.0705. The van der Waals surface area contributed by atoms with Gasteiger partial charge < -0.3 is 19.1 Å². The van der Waals surface area contributed by atoms with Crippen LogP contribution in [-0.4, -0.2) is 21.6 Å². The van der Waals surface area contributed by atoms with Crippen LogP contribution in [0.4, 0.5) is 5.69 Å². The molecule has 1 aromatic carbocycles. The van der Waals surface area contributed by atoms with Gasteiger partial charge in [0.1, 0.15) is 11.4 Å². The molecule has 0 atom stereocenters. The van der Waals surface area contributed by atoms with E-state index in [0.717, 1.165) is 11.4 Å². The predicted molar refractivity (Wildman–Crippen MR) is 109 cm³/mol. The van der Waals surface area contributed by atoms with Crippen LogP contribution in [0.1, 0.15) is 6.42 Å². The number of thioether (sulfide) groups is 1. The van der Waals surface area contributed by atoms with Crippen LogP contribution in [0.2, 0.25) is 5.02 Å². The topological polar surface area (TPSA) is 84.1 Å². The molecule has 0 bridgehead atoms. The number of H-pyrrole nitrogens is 1. The summed E-state index contributed by atoms with van der Waals surface area (Å²) in [5.41, 5.74) is 2.14. The van der Waals surface area contributed by atoms with Gasteiger partial charge in [-0.2, -0.15) is 0 Å². The minimum atomic E-state index is -0.0705. The van der Waals surface area contributed by atoms with Gasteiger partial charge >= 0.3 is 0 Å². The van der Waals surface area contributed by atoms with E-state index in [2.05, 4.69) is 15.3 Å². The van der Waals surface area contributed by atoms with Crippen LogP contribution in [0.15, 0.2) is 75.0 Å². The van der Waals surface area contributed by atoms with Crippen LogP contribution >= 0.6 is 23.4 Å². The average molecular weight is 414 g/mol. The summed E-state index contributed by atoms with van der Waals surface area (Å²) in [6.45, 7) is 0. The Bertz CT molecular complexity index is 990. The fourth-order valence-electron chi connectivity index (χ4n) is 2.61. The van der Waals surface area contributed by atoms with Gasteiger partial charge in [0, 0.05) is 22.9 Å². The number of carbonyl (C=O) groups excluding carboxylic acids is 1. The minimum Gasteiger partial charge on any atom is -0.463 e. The number of hydrogen-bond acceptors (Lipinski definition) is 5. The summed E-state index contributed by atoms with van der Waals surface area (Å²) in [5, 5.41) is 4.17. The molecule has 28 heavy (non-hydrogen) atoms. The number of halogens is 1. The molecule has 3 heterocycles. The van der Waals surface area contributed by atoms with E-state index in [-0.39, 0.29) is 5.91 Å². The average Bonchev–Trinajstić information content (AvgIpc) is 3.44. The number of imidazole rings is 1. The van der Waals surface area contributed by atoms with Crippen LogP contribution < -0.4 is 5.32 Å². The molecule has 0 spiro atoms. The third-order valence-corrected chi connectivity index (χ3v) is 5.03. The second-order valence-electron chi connectivity index (χ2n) is 5.87. The summed E-state index contributed by atoms with van der Waals surface area (Å²) >= 11 is 7.31. The number of nitrogens with zero attached hydrogens (tertiary/aromatic N) is 1. The van der Waals surface area contributed by atoms with Gasteiger partial charge in [-0.3, -0.25) is 4.79 Å². The van der Waals surface area contributed by atoms with Crippen LogP contribution in [0.5, 0.6) is 0 Å². The van der Waals surface area contributed by atoms with Gasteiger partial charge in [0.05, 0.1) is 12.5 Å². The first kappa shape index (κ1) is 18.5. The van der Waals surface area contributed by atoms with Gasteiger partial charge in [-0.15, -0.1) is 0 Å². The van der Waals surface area contributed by atoms with Gasteiger partial charge in [-0.1, -0.05) is 23.4 Å². The van der Waals surface area contributed by atoms with Gasteiger partial charge in [-0.05, 0) is 48.5 Å². The molecule has 6 nitrogen and oxygen atoms in total. The van der Waals surface area contributed by atoms with Gasteiger partial charge in [0.25, 0.3) is 0 Å². The molecular weight excluding hydrogens is 398 g/mol. The van der Waals surface area contributed by atoms with Crippen LogP contribution in [0.25, 0.3) is 22.9 Å². The maximum absolute atomic E-state index is 12.1. The molecule has 0 aliphatic carbocycles. The number of furan rings is 2. The van der Waals surface area contributed by atoms with Crippen molar-refractivity contribution in [2.75, 3.05) is 11.1 Å². The molecule has 2 N–H and O–H groups in total. The Balaban J connectivity index is 1.40. The zero-order chi connectivity index (χ0) is 19.3. The van der Waals surface area contributed by atoms with Gasteiger partial charge in [0.15, 0.2) is 16.7 Å². The lowest BCUT2D eigenvalue weighted by Gasteiger charge is -2.04. The van der Waals surface area contributed by atoms with E-state index in [1.54, 1.807) is 36.8 Å². The summed E-state index contributed by atoms with van der Waals surface area (Å²) in [5.74, 6) is 1.82. The van der Waals surface area contributed by atoms with Crippen molar-refractivity contribution in [3.05, 3.63) is 66.1 Å². The number of anilines is 1. The first-order valence-corrected chi connectivity index (χ1v) is 9.91. The van der Waals surface area contributed by atoms with E-state index in [9.17, 15) is 4.79 Å². The molecule has 0 saturated carbocycles. The number of amides is 1.